The number of carbonyl (C=O) groups excluding carboxylic acids is 1. The SMILES string of the molecule is CN(C(=S)Nc1ccccc1)[C@]1(c2ccccc2Cl)CCCCC1=O. The van der Waals surface area contributed by atoms with E-state index in [9.17, 15) is 4.79 Å². The van der Waals surface area contributed by atoms with Gasteiger partial charge in [-0.2, -0.15) is 0 Å². The smallest absolute Gasteiger partial charge is 0.174 e. The van der Waals surface area contributed by atoms with Crippen LogP contribution in [-0.2, 0) is 10.3 Å². The van der Waals surface area contributed by atoms with Crippen molar-refractivity contribution in [3.05, 3.63) is 65.2 Å². The lowest BCUT2D eigenvalue weighted by atomic mass is 9.74. The van der Waals surface area contributed by atoms with Crippen molar-refractivity contribution in [3.63, 3.8) is 0 Å². The number of Topliss-reactive ketones (excluding diaryl/α,β-unsaturated/α-hetero) is 1. The molecule has 130 valence electrons. The molecule has 3 rings (SSSR count). The number of rotatable bonds is 3. The molecule has 0 aromatic heterocycles. The van der Waals surface area contributed by atoms with Gasteiger partial charge in [0.15, 0.2) is 10.9 Å². The molecule has 1 N–H and O–H groups in total. The first-order valence-electron chi connectivity index (χ1n) is 8.44. The van der Waals surface area contributed by atoms with Gasteiger partial charge in [0.2, 0.25) is 0 Å². The summed E-state index contributed by atoms with van der Waals surface area (Å²) in [5.74, 6) is 0.173. The van der Waals surface area contributed by atoms with Gasteiger partial charge in [0, 0.05) is 29.7 Å². The van der Waals surface area contributed by atoms with E-state index in [4.69, 9.17) is 23.8 Å². The van der Waals surface area contributed by atoms with Crippen LogP contribution in [0.25, 0.3) is 0 Å². The Bertz CT molecular complexity index is 780. The summed E-state index contributed by atoms with van der Waals surface area (Å²) in [6.07, 6.45) is 3.14. The lowest BCUT2D eigenvalue weighted by molar-refractivity contribution is -0.131. The third-order valence-corrected chi connectivity index (χ3v) is 5.58. The highest BCUT2D eigenvalue weighted by Crippen LogP contribution is 2.42. The summed E-state index contributed by atoms with van der Waals surface area (Å²) >= 11 is 12.1. The highest BCUT2D eigenvalue weighted by atomic mass is 35.5. The molecule has 0 saturated heterocycles. The molecule has 1 fully saturated rings. The van der Waals surface area contributed by atoms with Crippen LogP contribution in [0.1, 0.15) is 31.2 Å². The fourth-order valence-electron chi connectivity index (χ4n) is 3.53. The van der Waals surface area contributed by atoms with Crippen molar-refractivity contribution in [2.45, 2.75) is 31.2 Å². The van der Waals surface area contributed by atoms with Crippen molar-refractivity contribution < 1.29 is 4.79 Å². The molecular weight excluding hydrogens is 352 g/mol. The molecule has 2 aromatic rings. The van der Waals surface area contributed by atoms with Gasteiger partial charge in [-0.1, -0.05) is 48.0 Å². The van der Waals surface area contributed by atoms with Crippen molar-refractivity contribution in [2.75, 3.05) is 12.4 Å². The zero-order chi connectivity index (χ0) is 17.9. The van der Waals surface area contributed by atoms with E-state index in [2.05, 4.69) is 5.32 Å². The van der Waals surface area contributed by atoms with Crippen LogP contribution in [0.3, 0.4) is 0 Å². The molecule has 0 aliphatic heterocycles. The summed E-state index contributed by atoms with van der Waals surface area (Å²) in [6, 6.07) is 17.3. The minimum absolute atomic E-state index is 0.173. The molecule has 2 aromatic carbocycles. The monoisotopic (exact) mass is 372 g/mol. The molecule has 0 spiro atoms. The summed E-state index contributed by atoms with van der Waals surface area (Å²) in [4.78, 5) is 15.0. The molecule has 5 heteroatoms. The molecular formula is C20H21ClN2OS. The minimum atomic E-state index is -0.810. The van der Waals surface area contributed by atoms with Crippen LogP contribution in [0.15, 0.2) is 54.6 Å². The average Bonchev–Trinajstić information content (AvgIpc) is 2.63. The van der Waals surface area contributed by atoms with E-state index in [0.29, 0.717) is 23.0 Å². The molecule has 1 saturated carbocycles. The van der Waals surface area contributed by atoms with Crippen molar-refractivity contribution in [1.82, 2.24) is 4.90 Å². The number of anilines is 1. The minimum Gasteiger partial charge on any atom is -0.335 e. The number of ketones is 1. The Labute approximate surface area is 159 Å². The highest BCUT2D eigenvalue weighted by molar-refractivity contribution is 7.80. The lowest BCUT2D eigenvalue weighted by Gasteiger charge is -2.45. The van der Waals surface area contributed by atoms with Gasteiger partial charge in [-0.25, -0.2) is 0 Å². The summed E-state index contributed by atoms with van der Waals surface area (Å²) in [5.41, 5.74) is 0.924. The maximum absolute atomic E-state index is 13.1. The molecule has 0 amide bonds. The Kier molecular flexibility index (Phi) is 5.40. The van der Waals surface area contributed by atoms with E-state index in [1.54, 1.807) is 0 Å². The van der Waals surface area contributed by atoms with Crippen molar-refractivity contribution >= 4 is 40.4 Å². The van der Waals surface area contributed by atoms with Gasteiger partial charge in [-0.15, -0.1) is 0 Å². The molecule has 1 atom stereocenters. The van der Waals surface area contributed by atoms with Gasteiger partial charge in [-0.3, -0.25) is 4.79 Å². The largest absolute Gasteiger partial charge is 0.335 e. The fourth-order valence-corrected chi connectivity index (χ4v) is 4.10. The van der Waals surface area contributed by atoms with Crippen molar-refractivity contribution in [1.29, 1.82) is 0 Å². The Morgan fingerprint density at radius 3 is 2.48 bits per heavy atom. The summed E-state index contributed by atoms with van der Waals surface area (Å²) in [7, 11) is 1.88. The van der Waals surface area contributed by atoms with Gasteiger partial charge in [0.25, 0.3) is 0 Å². The summed E-state index contributed by atoms with van der Waals surface area (Å²) in [6.45, 7) is 0. The van der Waals surface area contributed by atoms with Crippen LogP contribution in [0, 0.1) is 0 Å². The fraction of sp³-hybridized carbons (Fsp3) is 0.300. The standard InChI is InChI=1S/C20H21ClN2OS/c1-23(19(25)22-15-9-3-2-4-10-15)20(14-8-7-13-18(20)24)16-11-5-6-12-17(16)21/h2-6,9-12H,7-8,13-14H2,1H3,(H,22,25)/t20-/m0/s1. The van der Waals surface area contributed by atoms with Crippen LogP contribution in [-0.4, -0.2) is 22.8 Å². The number of para-hydroxylation sites is 1. The number of nitrogens with zero attached hydrogens (tertiary/aromatic N) is 1. The van der Waals surface area contributed by atoms with Crippen LogP contribution in [0.4, 0.5) is 5.69 Å². The van der Waals surface area contributed by atoms with Gasteiger partial charge in [0.05, 0.1) is 0 Å². The van der Waals surface area contributed by atoms with Crippen molar-refractivity contribution in [3.8, 4) is 0 Å². The first-order valence-corrected chi connectivity index (χ1v) is 9.22. The summed E-state index contributed by atoms with van der Waals surface area (Å²) < 4.78 is 0. The molecule has 3 nitrogen and oxygen atoms in total. The van der Waals surface area contributed by atoms with Gasteiger partial charge in [-0.05, 0) is 49.7 Å². The van der Waals surface area contributed by atoms with Crippen molar-refractivity contribution in [2.24, 2.45) is 0 Å². The Morgan fingerprint density at radius 2 is 1.80 bits per heavy atom. The van der Waals surface area contributed by atoms with E-state index in [0.717, 1.165) is 24.1 Å². The topological polar surface area (TPSA) is 32.3 Å². The predicted molar refractivity (Wildman–Crippen MR) is 107 cm³/mol. The molecule has 0 radical (unpaired) electrons. The molecule has 1 aliphatic rings. The van der Waals surface area contributed by atoms with Crippen LogP contribution >= 0.6 is 23.8 Å². The van der Waals surface area contributed by atoms with Gasteiger partial charge in [0.1, 0.15) is 5.54 Å². The quantitative estimate of drug-likeness (QED) is 0.768. The first kappa shape index (κ1) is 17.9. The zero-order valence-electron chi connectivity index (χ0n) is 14.2. The predicted octanol–water partition coefficient (Wildman–Crippen LogP) is 5.01. The van der Waals surface area contributed by atoms with E-state index < -0.39 is 5.54 Å². The number of hydrogen-bond donors (Lipinski definition) is 1. The average molecular weight is 373 g/mol. The van der Waals surface area contributed by atoms with Gasteiger partial charge >= 0.3 is 0 Å². The zero-order valence-corrected chi connectivity index (χ0v) is 15.7. The van der Waals surface area contributed by atoms with Crippen LogP contribution < -0.4 is 5.32 Å². The maximum atomic E-state index is 13.1. The highest BCUT2D eigenvalue weighted by Gasteiger charge is 2.47. The number of benzene rings is 2. The number of nitrogens with one attached hydrogen (secondary N) is 1. The van der Waals surface area contributed by atoms with E-state index in [1.165, 1.54) is 0 Å². The second-order valence-corrected chi connectivity index (χ2v) is 7.12. The van der Waals surface area contributed by atoms with Crippen LogP contribution in [0.2, 0.25) is 5.02 Å². The Balaban J connectivity index is 1.98. The molecule has 25 heavy (non-hydrogen) atoms. The van der Waals surface area contributed by atoms with E-state index in [1.807, 2.05) is 66.5 Å². The molecule has 0 bridgehead atoms. The molecule has 1 aliphatic carbocycles. The maximum Gasteiger partial charge on any atom is 0.174 e. The van der Waals surface area contributed by atoms with E-state index in [-0.39, 0.29) is 5.78 Å². The Morgan fingerprint density at radius 1 is 1.12 bits per heavy atom. The number of halogens is 1. The second-order valence-electron chi connectivity index (χ2n) is 6.33. The number of likely N-dealkylation sites (N-methyl/N-ethyl adjacent to an activating group) is 1. The Hall–Kier alpha value is -1.91. The second kappa shape index (κ2) is 7.54. The van der Waals surface area contributed by atoms with Crippen LogP contribution in [0.5, 0.6) is 0 Å². The first-order chi connectivity index (χ1) is 12.1. The van der Waals surface area contributed by atoms with E-state index >= 15 is 0 Å². The van der Waals surface area contributed by atoms with Gasteiger partial charge < -0.3 is 10.2 Å². The molecule has 0 heterocycles. The number of hydrogen-bond acceptors (Lipinski definition) is 2. The number of carbonyl (C=O) groups is 1. The molecule has 0 unspecified atom stereocenters. The third kappa shape index (κ3) is 3.42. The normalized spacial score (nSPS) is 20.2. The third-order valence-electron chi connectivity index (χ3n) is 4.88. The lowest BCUT2D eigenvalue weighted by Crippen LogP contribution is -2.55. The summed E-state index contributed by atoms with van der Waals surface area (Å²) in [5, 5.41) is 4.35. The number of thiocarbonyl (C=S) groups is 1.